The number of H-pyrrole nitrogens is 1. The number of likely N-dealkylation sites (tertiary alicyclic amines) is 1. The van der Waals surface area contributed by atoms with Crippen LogP contribution in [0.15, 0.2) is 36.4 Å². The van der Waals surface area contributed by atoms with Crippen molar-refractivity contribution in [3.05, 3.63) is 42.1 Å². The Kier molecular flexibility index (Phi) is 4.13. The zero-order chi connectivity index (χ0) is 17.2. The Morgan fingerprint density at radius 1 is 1.08 bits per heavy atom. The minimum absolute atomic E-state index is 0.0212. The normalized spacial score (nSPS) is 19.7. The molecule has 130 valence electrons. The van der Waals surface area contributed by atoms with E-state index in [1.54, 1.807) is 11.0 Å². The van der Waals surface area contributed by atoms with Crippen LogP contribution in [0.4, 0.5) is 4.79 Å². The molecule has 1 aliphatic carbocycles. The van der Waals surface area contributed by atoms with Crippen molar-refractivity contribution >= 4 is 11.9 Å². The highest BCUT2D eigenvalue weighted by atomic mass is 16.2. The molecular formula is C18H21N5O2. The molecule has 2 aliphatic rings. The number of urea groups is 1. The Bertz CT molecular complexity index is 769. The van der Waals surface area contributed by atoms with Crippen molar-refractivity contribution in [3.63, 3.8) is 0 Å². The van der Waals surface area contributed by atoms with Crippen molar-refractivity contribution in [3.8, 4) is 11.3 Å². The highest BCUT2D eigenvalue weighted by Gasteiger charge is 2.31. The fraction of sp³-hybridized carbons (Fsp3) is 0.389. The van der Waals surface area contributed by atoms with Crippen LogP contribution in [0.5, 0.6) is 0 Å². The van der Waals surface area contributed by atoms with Gasteiger partial charge in [0.2, 0.25) is 0 Å². The predicted molar refractivity (Wildman–Crippen MR) is 93.0 cm³/mol. The van der Waals surface area contributed by atoms with Gasteiger partial charge >= 0.3 is 6.03 Å². The third-order valence-corrected chi connectivity index (χ3v) is 4.61. The number of amides is 3. The minimum Gasteiger partial charge on any atom is -0.346 e. The number of carbonyl (C=O) groups is 2. The maximum absolute atomic E-state index is 12.4. The number of hydrogen-bond donors (Lipinski definition) is 3. The Balaban J connectivity index is 1.33. The lowest BCUT2D eigenvalue weighted by atomic mass is 10.1. The number of hydrogen-bond acceptors (Lipinski definition) is 3. The molecular weight excluding hydrogens is 318 g/mol. The van der Waals surface area contributed by atoms with E-state index < -0.39 is 0 Å². The fourth-order valence-electron chi connectivity index (χ4n) is 3.01. The van der Waals surface area contributed by atoms with Crippen LogP contribution < -0.4 is 10.6 Å². The average molecular weight is 339 g/mol. The maximum atomic E-state index is 12.4. The molecule has 2 fully saturated rings. The van der Waals surface area contributed by atoms with Gasteiger partial charge in [-0.25, -0.2) is 4.79 Å². The van der Waals surface area contributed by atoms with Gasteiger partial charge in [-0.1, -0.05) is 30.3 Å². The van der Waals surface area contributed by atoms with Gasteiger partial charge in [-0.05, 0) is 25.3 Å². The monoisotopic (exact) mass is 339 g/mol. The molecule has 1 saturated heterocycles. The summed E-state index contributed by atoms with van der Waals surface area (Å²) in [7, 11) is 0. The zero-order valence-electron chi connectivity index (χ0n) is 13.9. The maximum Gasteiger partial charge on any atom is 0.317 e. The lowest BCUT2D eigenvalue weighted by Gasteiger charge is -2.17. The molecule has 25 heavy (non-hydrogen) atoms. The van der Waals surface area contributed by atoms with Gasteiger partial charge in [-0.3, -0.25) is 9.89 Å². The average Bonchev–Trinajstić information content (AvgIpc) is 3.13. The summed E-state index contributed by atoms with van der Waals surface area (Å²) in [6, 6.07) is 11.8. The van der Waals surface area contributed by atoms with Gasteiger partial charge in [0, 0.05) is 30.7 Å². The smallest absolute Gasteiger partial charge is 0.317 e. The molecule has 3 N–H and O–H groups in total. The molecule has 7 nitrogen and oxygen atoms in total. The van der Waals surface area contributed by atoms with Crippen molar-refractivity contribution in [1.29, 1.82) is 0 Å². The molecule has 1 atom stereocenters. The van der Waals surface area contributed by atoms with Gasteiger partial charge < -0.3 is 15.5 Å². The second kappa shape index (κ2) is 6.58. The Morgan fingerprint density at radius 2 is 1.88 bits per heavy atom. The molecule has 3 amide bonds. The zero-order valence-corrected chi connectivity index (χ0v) is 13.9. The number of rotatable bonds is 4. The van der Waals surface area contributed by atoms with Gasteiger partial charge in [0.15, 0.2) is 0 Å². The van der Waals surface area contributed by atoms with E-state index in [-0.39, 0.29) is 18.0 Å². The molecule has 1 aromatic heterocycles. The number of carbonyl (C=O) groups excluding carboxylic acids is 2. The largest absolute Gasteiger partial charge is 0.346 e. The summed E-state index contributed by atoms with van der Waals surface area (Å²) in [5, 5.41) is 13.0. The van der Waals surface area contributed by atoms with Crippen LogP contribution in [-0.2, 0) is 0 Å². The number of benzene rings is 1. The quantitative estimate of drug-likeness (QED) is 0.793. The second-order valence-electron chi connectivity index (χ2n) is 6.66. The number of nitrogens with zero attached hydrogens (tertiary/aromatic N) is 2. The van der Waals surface area contributed by atoms with E-state index in [0.717, 1.165) is 30.5 Å². The van der Waals surface area contributed by atoms with E-state index in [4.69, 9.17) is 0 Å². The summed E-state index contributed by atoms with van der Waals surface area (Å²) in [6.07, 6.45) is 2.91. The highest BCUT2D eigenvalue weighted by Crippen LogP contribution is 2.20. The Morgan fingerprint density at radius 3 is 2.64 bits per heavy atom. The molecule has 1 aliphatic heterocycles. The Labute approximate surface area is 145 Å². The standard InChI is InChI=1S/C18H21N5O2/c24-17(16-10-15(21-22-16)12-4-2-1-3-5-12)19-14-8-9-23(11-14)18(25)20-13-6-7-13/h1-5,10,13-14H,6-9,11H2,(H,19,24)(H,20,25)(H,21,22)/t14-/m1/s1. The van der Waals surface area contributed by atoms with Crippen LogP contribution in [0.25, 0.3) is 11.3 Å². The van der Waals surface area contributed by atoms with E-state index in [1.807, 2.05) is 30.3 Å². The van der Waals surface area contributed by atoms with E-state index in [9.17, 15) is 9.59 Å². The van der Waals surface area contributed by atoms with Crippen molar-refractivity contribution in [1.82, 2.24) is 25.7 Å². The first-order valence-electron chi connectivity index (χ1n) is 8.66. The van der Waals surface area contributed by atoms with Crippen LogP contribution >= 0.6 is 0 Å². The predicted octanol–water partition coefficient (Wildman–Crippen LogP) is 1.75. The molecule has 7 heteroatoms. The molecule has 0 bridgehead atoms. The number of aromatic amines is 1. The molecule has 4 rings (SSSR count). The molecule has 0 radical (unpaired) electrons. The molecule has 0 unspecified atom stereocenters. The van der Waals surface area contributed by atoms with Gasteiger partial charge in [-0.2, -0.15) is 5.10 Å². The number of nitrogens with one attached hydrogen (secondary N) is 3. The van der Waals surface area contributed by atoms with Gasteiger partial charge in [0.05, 0.1) is 5.69 Å². The van der Waals surface area contributed by atoms with Gasteiger partial charge in [-0.15, -0.1) is 0 Å². The van der Waals surface area contributed by atoms with Crippen LogP contribution in [0.1, 0.15) is 29.8 Å². The highest BCUT2D eigenvalue weighted by molar-refractivity contribution is 5.93. The van der Waals surface area contributed by atoms with Crippen molar-refractivity contribution in [2.45, 2.75) is 31.3 Å². The summed E-state index contributed by atoms with van der Waals surface area (Å²) in [4.78, 5) is 26.2. The number of aromatic nitrogens is 2. The van der Waals surface area contributed by atoms with Crippen molar-refractivity contribution < 1.29 is 9.59 Å². The van der Waals surface area contributed by atoms with Crippen molar-refractivity contribution in [2.75, 3.05) is 13.1 Å². The van der Waals surface area contributed by atoms with Crippen LogP contribution in [0, 0.1) is 0 Å². The molecule has 0 spiro atoms. The lowest BCUT2D eigenvalue weighted by Crippen LogP contribution is -2.42. The Hall–Kier alpha value is -2.83. The third-order valence-electron chi connectivity index (χ3n) is 4.61. The van der Waals surface area contributed by atoms with Crippen LogP contribution in [0.3, 0.4) is 0 Å². The first-order chi connectivity index (χ1) is 12.2. The van der Waals surface area contributed by atoms with E-state index in [2.05, 4.69) is 20.8 Å². The van der Waals surface area contributed by atoms with E-state index in [0.29, 0.717) is 24.8 Å². The van der Waals surface area contributed by atoms with Gasteiger partial charge in [0.1, 0.15) is 5.69 Å². The first-order valence-corrected chi connectivity index (χ1v) is 8.66. The molecule has 2 aromatic rings. The summed E-state index contributed by atoms with van der Waals surface area (Å²) in [5.74, 6) is -0.191. The lowest BCUT2D eigenvalue weighted by molar-refractivity contribution is 0.0932. The second-order valence-corrected chi connectivity index (χ2v) is 6.66. The van der Waals surface area contributed by atoms with Crippen molar-refractivity contribution in [2.24, 2.45) is 0 Å². The fourth-order valence-corrected chi connectivity index (χ4v) is 3.01. The van der Waals surface area contributed by atoms with Gasteiger partial charge in [0.25, 0.3) is 5.91 Å². The van der Waals surface area contributed by atoms with Crippen LogP contribution in [0.2, 0.25) is 0 Å². The van der Waals surface area contributed by atoms with Crippen LogP contribution in [-0.4, -0.2) is 52.2 Å². The SMILES string of the molecule is O=C(N[C@@H]1CCN(C(=O)NC2CC2)C1)c1cc(-c2ccccc2)n[nH]1. The first kappa shape index (κ1) is 15.7. The summed E-state index contributed by atoms with van der Waals surface area (Å²) in [5.41, 5.74) is 2.13. The molecule has 1 aromatic carbocycles. The van der Waals surface area contributed by atoms with E-state index in [1.165, 1.54) is 0 Å². The summed E-state index contributed by atoms with van der Waals surface area (Å²) >= 11 is 0. The van der Waals surface area contributed by atoms with E-state index >= 15 is 0 Å². The summed E-state index contributed by atoms with van der Waals surface area (Å²) in [6.45, 7) is 1.21. The minimum atomic E-state index is -0.191. The third kappa shape index (κ3) is 3.65. The molecule has 1 saturated carbocycles. The topological polar surface area (TPSA) is 90.1 Å². The summed E-state index contributed by atoms with van der Waals surface area (Å²) < 4.78 is 0. The molecule has 2 heterocycles.